The molecule has 3 rings (SSSR count). The Hall–Kier alpha value is -3.17. The van der Waals surface area contributed by atoms with Crippen LogP contribution in [0.25, 0.3) is 0 Å². The molecule has 136 valence electrons. The summed E-state index contributed by atoms with van der Waals surface area (Å²) < 4.78 is 55.6. The van der Waals surface area contributed by atoms with Crippen LogP contribution in [0.4, 0.5) is 14.5 Å². The summed E-state index contributed by atoms with van der Waals surface area (Å²) >= 11 is 0. The van der Waals surface area contributed by atoms with Gasteiger partial charge in [-0.1, -0.05) is 48.2 Å². The van der Waals surface area contributed by atoms with E-state index in [2.05, 4.69) is 11.8 Å². The van der Waals surface area contributed by atoms with Gasteiger partial charge in [-0.25, -0.2) is 17.2 Å². The molecule has 0 atom stereocenters. The van der Waals surface area contributed by atoms with Crippen molar-refractivity contribution in [1.82, 2.24) is 0 Å². The molecule has 0 radical (unpaired) electrons. The van der Waals surface area contributed by atoms with Gasteiger partial charge >= 0.3 is 0 Å². The predicted octanol–water partition coefficient (Wildman–Crippen LogP) is 4.47. The van der Waals surface area contributed by atoms with Crippen molar-refractivity contribution in [3.05, 3.63) is 95.1 Å². The first-order valence-corrected chi connectivity index (χ1v) is 9.50. The summed E-state index contributed by atoms with van der Waals surface area (Å²) in [6.07, 6.45) is 0. The van der Waals surface area contributed by atoms with Crippen molar-refractivity contribution >= 4 is 15.7 Å². The molecule has 3 nitrogen and oxygen atoms in total. The molecule has 3 aromatic rings. The van der Waals surface area contributed by atoms with Gasteiger partial charge in [0, 0.05) is 11.1 Å². The number of benzene rings is 3. The number of sulfonamides is 1. The molecule has 0 unspecified atom stereocenters. The molecule has 0 aliphatic carbocycles. The molecular formula is C21H15F2NO2S. The van der Waals surface area contributed by atoms with Gasteiger partial charge in [0.2, 0.25) is 0 Å². The van der Waals surface area contributed by atoms with Gasteiger partial charge in [-0.2, -0.15) is 0 Å². The average Bonchev–Trinajstić information content (AvgIpc) is 2.64. The lowest BCUT2D eigenvalue weighted by atomic mass is 10.1. The van der Waals surface area contributed by atoms with Crippen molar-refractivity contribution in [3.8, 4) is 11.8 Å². The summed E-state index contributed by atoms with van der Waals surface area (Å²) in [4.78, 5) is -0.0447. The Morgan fingerprint density at radius 1 is 0.815 bits per heavy atom. The monoisotopic (exact) mass is 383 g/mol. The minimum Gasteiger partial charge on any atom is -0.274 e. The summed E-state index contributed by atoms with van der Waals surface area (Å²) in [5.74, 6) is 3.39. The zero-order chi connectivity index (χ0) is 19.4. The van der Waals surface area contributed by atoms with Gasteiger partial charge < -0.3 is 0 Å². The Morgan fingerprint density at radius 2 is 1.37 bits per heavy atom. The molecular weight excluding hydrogens is 368 g/mol. The van der Waals surface area contributed by atoms with E-state index in [0.29, 0.717) is 11.1 Å². The third-order valence-electron chi connectivity index (χ3n) is 3.79. The summed E-state index contributed by atoms with van der Waals surface area (Å²) in [7, 11) is -4.12. The molecule has 0 amide bonds. The molecule has 0 aromatic heterocycles. The molecule has 0 spiro atoms. The fourth-order valence-electron chi connectivity index (χ4n) is 2.46. The zero-order valence-corrected chi connectivity index (χ0v) is 15.1. The molecule has 1 N–H and O–H groups in total. The van der Waals surface area contributed by atoms with Crippen LogP contribution < -0.4 is 4.72 Å². The summed E-state index contributed by atoms with van der Waals surface area (Å²) in [5, 5.41) is 0. The maximum absolute atomic E-state index is 14.3. The third-order valence-corrected chi connectivity index (χ3v) is 5.30. The van der Waals surface area contributed by atoms with Crippen molar-refractivity contribution in [3.63, 3.8) is 0 Å². The van der Waals surface area contributed by atoms with Crippen LogP contribution in [0.1, 0.15) is 16.7 Å². The average molecular weight is 383 g/mol. The fraction of sp³-hybridized carbons (Fsp3) is 0.0476. The number of rotatable bonds is 3. The van der Waals surface area contributed by atoms with E-state index in [9.17, 15) is 17.2 Å². The maximum atomic E-state index is 14.3. The SMILES string of the molecule is Cc1ccccc1S(=O)(=O)Nc1c(F)cc(C#Cc2ccccc2)cc1F. The number of hydrogen-bond acceptors (Lipinski definition) is 2. The molecule has 0 aliphatic rings. The highest BCUT2D eigenvalue weighted by atomic mass is 32.2. The van der Waals surface area contributed by atoms with Gasteiger partial charge in [-0.3, -0.25) is 4.72 Å². The van der Waals surface area contributed by atoms with Crippen molar-refractivity contribution < 1.29 is 17.2 Å². The third kappa shape index (κ3) is 4.33. The summed E-state index contributed by atoms with van der Waals surface area (Å²) in [6, 6.07) is 17.1. The van der Waals surface area contributed by atoms with E-state index >= 15 is 0 Å². The number of halogens is 2. The highest BCUT2D eigenvalue weighted by Crippen LogP contribution is 2.25. The summed E-state index contributed by atoms with van der Waals surface area (Å²) in [5.41, 5.74) is 0.537. The van der Waals surface area contributed by atoms with E-state index in [1.54, 1.807) is 43.3 Å². The Labute approximate surface area is 156 Å². The topological polar surface area (TPSA) is 46.2 Å². The smallest absolute Gasteiger partial charge is 0.262 e. The van der Waals surface area contributed by atoms with Crippen LogP contribution in [0.3, 0.4) is 0 Å². The quantitative estimate of drug-likeness (QED) is 0.678. The fourth-order valence-corrected chi connectivity index (χ4v) is 3.78. The Kier molecular flexibility index (Phi) is 5.24. The lowest BCUT2D eigenvalue weighted by Gasteiger charge is -2.12. The Morgan fingerprint density at radius 3 is 2.00 bits per heavy atom. The van der Waals surface area contributed by atoms with Crippen LogP contribution in [0.15, 0.2) is 71.6 Å². The minimum absolute atomic E-state index is 0.0447. The molecule has 0 saturated heterocycles. The minimum atomic E-state index is -4.12. The molecule has 27 heavy (non-hydrogen) atoms. The van der Waals surface area contributed by atoms with Crippen LogP contribution in [0.5, 0.6) is 0 Å². The van der Waals surface area contributed by atoms with E-state index in [1.807, 2.05) is 10.8 Å². The lowest BCUT2D eigenvalue weighted by molar-refractivity contribution is 0.582. The largest absolute Gasteiger partial charge is 0.274 e. The van der Waals surface area contributed by atoms with E-state index < -0.39 is 27.3 Å². The molecule has 0 saturated carbocycles. The zero-order valence-electron chi connectivity index (χ0n) is 14.3. The second-order valence-corrected chi connectivity index (χ2v) is 7.45. The maximum Gasteiger partial charge on any atom is 0.262 e. The van der Waals surface area contributed by atoms with E-state index in [-0.39, 0.29) is 10.5 Å². The van der Waals surface area contributed by atoms with Crippen LogP contribution >= 0.6 is 0 Å². The van der Waals surface area contributed by atoms with Crippen LogP contribution in [-0.2, 0) is 10.0 Å². The van der Waals surface area contributed by atoms with Crippen LogP contribution in [-0.4, -0.2) is 8.42 Å². The molecule has 6 heteroatoms. The van der Waals surface area contributed by atoms with Crippen molar-refractivity contribution in [2.45, 2.75) is 11.8 Å². The van der Waals surface area contributed by atoms with Crippen LogP contribution in [0.2, 0.25) is 0 Å². The van der Waals surface area contributed by atoms with Gasteiger partial charge in [0.15, 0.2) is 11.6 Å². The van der Waals surface area contributed by atoms with Crippen LogP contribution in [0, 0.1) is 30.4 Å². The second kappa shape index (κ2) is 7.60. The normalized spacial score (nSPS) is 10.8. The first-order chi connectivity index (χ1) is 12.9. The highest BCUT2D eigenvalue weighted by molar-refractivity contribution is 7.92. The van der Waals surface area contributed by atoms with Gasteiger partial charge in [0.1, 0.15) is 5.69 Å². The van der Waals surface area contributed by atoms with Gasteiger partial charge in [0.05, 0.1) is 4.90 Å². The molecule has 0 heterocycles. The van der Waals surface area contributed by atoms with Crippen molar-refractivity contribution in [1.29, 1.82) is 0 Å². The van der Waals surface area contributed by atoms with Crippen molar-refractivity contribution in [2.24, 2.45) is 0 Å². The first-order valence-electron chi connectivity index (χ1n) is 8.01. The second-order valence-electron chi connectivity index (χ2n) is 5.80. The highest BCUT2D eigenvalue weighted by Gasteiger charge is 2.21. The number of nitrogens with one attached hydrogen (secondary N) is 1. The Bertz CT molecular complexity index is 1120. The first kappa shape index (κ1) is 18.6. The summed E-state index contributed by atoms with van der Waals surface area (Å²) in [6.45, 7) is 1.60. The van der Waals surface area contributed by atoms with E-state index in [0.717, 1.165) is 12.1 Å². The van der Waals surface area contributed by atoms with E-state index in [1.165, 1.54) is 12.1 Å². The van der Waals surface area contributed by atoms with Crippen molar-refractivity contribution in [2.75, 3.05) is 4.72 Å². The molecule has 0 fully saturated rings. The number of anilines is 1. The lowest BCUT2D eigenvalue weighted by Crippen LogP contribution is -2.16. The Balaban J connectivity index is 1.92. The standard InChI is InChI=1S/C21H15F2NO2S/c1-15-7-5-6-10-20(15)27(25,26)24-21-18(22)13-17(14-19(21)23)12-11-16-8-3-2-4-9-16/h2-10,13-14,24H,1H3. The predicted molar refractivity (Wildman–Crippen MR) is 101 cm³/mol. The molecule has 3 aromatic carbocycles. The number of hydrogen-bond donors (Lipinski definition) is 1. The van der Waals surface area contributed by atoms with Gasteiger partial charge in [-0.15, -0.1) is 0 Å². The van der Waals surface area contributed by atoms with Gasteiger partial charge in [-0.05, 0) is 42.8 Å². The molecule has 0 aliphatic heterocycles. The molecule has 0 bridgehead atoms. The van der Waals surface area contributed by atoms with Gasteiger partial charge in [0.25, 0.3) is 10.0 Å². The number of aryl methyl sites for hydroxylation is 1. The van der Waals surface area contributed by atoms with E-state index in [4.69, 9.17) is 0 Å².